The number of hydrogen-bond donors (Lipinski definition) is 1. The van der Waals surface area contributed by atoms with Gasteiger partial charge in [0.2, 0.25) is 0 Å². The van der Waals surface area contributed by atoms with E-state index in [9.17, 15) is 5.11 Å². The summed E-state index contributed by atoms with van der Waals surface area (Å²) in [6, 6.07) is 0. The number of aliphatic hydroxyl groups is 1. The minimum Gasteiger partial charge on any atom is -0.393 e. The molecule has 1 fully saturated rings. The molecule has 2 unspecified atom stereocenters. The van der Waals surface area contributed by atoms with Gasteiger partial charge in [0, 0.05) is 0 Å². The van der Waals surface area contributed by atoms with Gasteiger partial charge < -0.3 is 5.11 Å². The van der Waals surface area contributed by atoms with Crippen molar-refractivity contribution in [2.45, 2.75) is 83.7 Å². The van der Waals surface area contributed by atoms with E-state index in [1.165, 1.54) is 57.8 Å². The van der Waals surface area contributed by atoms with Gasteiger partial charge >= 0.3 is 0 Å². The molecule has 1 nitrogen and oxygen atoms in total. The lowest BCUT2D eigenvalue weighted by atomic mass is 9.99. The Morgan fingerprint density at radius 1 is 0.933 bits per heavy atom. The van der Waals surface area contributed by atoms with Crippen molar-refractivity contribution in [3.05, 3.63) is 0 Å². The first-order valence-electron chi connectivity index (χ1n) is 7.01. The van der Waals surface area contributed by atoms with Crippen molar-refractivity contribution in [2.24, 2.45) is 5.92 Å². The van der Waals surface area contributed by atoms with E-state index in [1.807, 2.05) is 0 Å². The van der Waals surface area contributed by atoms with Gasteiger partial charge in [0.05, 0.1) is 6.10 Å². The molecule has 0 amide bonds. The van der Waals surface area contributed by atoms with Crippen LogP contribution in [-0.4, -0.2) is 11.2 Å². The number of rotatable bonds is 8. The molecule has 1 aliphatic carbocycles. The first-order chi connectivity index (χ1) is 7.33. The third-order valence-corrected chi connectivity index (χ3v) is 3.73. The average molecular weight is 212 g/mol. The lowest BCUT2D eigenvalue weighted by molar-refractivity contribution is 0.176. The van der Waals surface area contributed by atoms with E-state index < -0.39 is 0 Å². The van der Waals surface area contributed by atoms with E-state index in [-0.39, 0.29) is 6.10 Å². The maximum atomic E-state index is 9.40. The van der Waals surface area contributed by atoms with Crippen LogP contribution in [0.4, 0.5) is 0 Å². The summed E-state index contributed by atoms with van der Waals surface area (Å²) < 4.78 is 0. The molecule has 2 atom stereocenters. The van der Waals surface area contributed by atoms with Crippen molar-refractivity contribution in [1.82, 2.24) is 0 Å². The van der Waals surface area contributed by atoms with Crippen LogP contribution in [0.1, 0.15) is 77.6 Å². The zero-order valence-corrected chi connectivity index (χ0v) is 10.4. The fraction of sp³-hybridized carbons (Fsp3) is 1.00. The maximum absolute atomic E-state index is 9.40. The largest absolute Gasteiger partial charge is 0.393 e. The fourth-order valence-corrected chi connectivity index (χ4v) is 2.70. The summed E-state index contributed by atoms with van der Waals surface area (Å²) >= 11 is 0. The molecule has 0 radical (unpaired) electrons. The normalized spacial score (nSPS) is 26.0. The molecule has 1 N–H and O–H groups in total. The standard InChI is InChI=1S/C14H28O/c1-2-3-4-5-6-7-8-9-13-10-11-14(15)12-13/h13-15H,2-12H2,1H3. The smallest absolute Gasteiger partial charge is 0.0543 e. The van der Waals surface area contributed by atoms with Crippen molar-refractivity contribution in [2.75, 3.05) is 0 Å². The molecular weight excluding hydrogens is 184 g/mol. The van der Waals surface area contributed by atoms with Crippen molar-refractivity contribution < 1.29 is 5.11 Å². The highest BCUT2D eigenvalue weighted by Gasteiger charge is 2.21. The van der Waals surface area contributed by atoms with Crippen LogP contribution >= 0.6 is 0 Å². The van der Waals surface area contributed by atoms with Crippen LogP contribution in [-0.2, 0) is 0 Å². The number of aliphatic hydroxyl groups excluding tert-OH is 1. The molecule has 0 aromatic rings. The molecule has 0 bridgehead atoms. The fourth-order valence-electron chi connectivity index (χ4n) is 2.70. The summed E-state index contributed by atoms with van der Waals surface area (Å²) in [7, 11) is 0. The lowest BCUT2D eigenvalue weighted by Crippen LogP contribution is -2.00. The van der Waals surface area contributed by atoms with Gasteiger partial charge in [0.1, 0.15) is 0 Å². The first-order valence-corrected chi connectivity index (χ1v) is 7.01. The molecule has 15 heavy (non-hydrogen) atoms. The van der Waals surface area contributed by atoms with Crippen molar-refractivity contribution in [1.29, 1.82) is 0 Å². The van der Waals surface area contributed by atoms with E-state index >= 15 is 0 Å². The summed E-state index contributed by atoms with van der Waals surface area (Å²) in [6.45, 7) is 2.27. The van der Waals surface area contributed by atoms with E-state index in [2.05, 4.69) is 6.92 Å². The minimum absolute atomic E-state index is 0.0274. The molecule has 1 heteroatoms. The molecular formula is C14H28O. The molecule has 0 aromatic carbocycles. The predicted molar refractivity (Wildman–Crippen MR) is 66.0 cm³/mol. The van der Waals surface area contributed by atoms with Gasteiger partial charge in [-0.05, 0) is 25.2 Å². The monoisotopic (exact) mass is 212 g/mol. The Bertz CT molecular complexity index is 144. The first kappa shape index (κ1) is 13.0. The van der Waals surface area contributed by atoms with Crippen LogP contribution in [0, 0.1) is 5.92 Å². The van der Waals surface area contributed by atoms with Crippen LogP contribution in [0.25, 0.3) is 0 Å². The maximum Gasteiger partial charge on any atom is 0.0543 e. The van der Waals surface area contributed by atoms with Crippen LogP contribution in [0.3, 0.4) is 0 Å². The Morgan fingerprint density at radius 2 is 1.60 bits per heavy atom. The molecule has 0 saturated heterocycles. The highest BCUT2D eigenvalue weighted by Crippen LogP contribution is 2.29. The molecule has 0 aliphatic heterocycles. The molecule has 0 heterocycles. The van der Waals surface area contributed by atoms with Gasteiger partial charge in [-0.25, -0.2) is 0 Å². The molecule has 90 valence electrons. The molecule has 1 rings (SSSR count). The second kappa shape index (κ2) is 8.15. The molecule has 0 aromatic heterocycles. The van der Waals surface area contributed by atoms with Gasteiger partial charge in [-0.1, -0.05) is 58.3 Å². The van der Waals surface area contributed by atoms with Crippen LogP contribution in [0.2, 0.25) is 0 Å². The third kappa shape index (κ3) is 6.19. The van der Waals surface area contributed by atoms with E-state index in [0.29, 0.717) is 0 Å². The Hall–Kier alpha value is -0.0400. The van der Waals surface area contributed by atoms with Crippen LogP contribution in [0.15, 0.2) is 0 Å². The molecule has 1 saturated carbocycles. The Labute approximate surface area is 95.3 Å². The predicted octanol–water partition coefficient (Wildman–Crippen LogP) is 4.29. The van der Waals surface area contributed by atoms with Gasteiger partial charge in [0.25, 0.3) is 0 Å². The van der Waals surface area contributed by atoms with E-state index in [1.54, 1.807) is 0 Å². The lowest BCUT2D eigenvalue weighted by Gasteiger charge is -2.08. The van der Waals surface area contributed by atoms with E-state index in [0.717, 1.165) is 18.8 Å². The van der Waals surface area contributed by atoms with Crippen LogP contribution < -0.4 is 0 Å². The summed E-state index contributed by atoms with van der Waals surface area (Å²) in [5, 5.41) is 9.40. The zero-order chi connectivity index (χ0) is 10.9. The van der Waals surface area contributed by atoms with Gasteiger partial charge in [-0.15, -0.1) is 0 Å². The summed E-state index contributed by atoms with van der Waals surface area (Å²) in [5.74, 6) is 0.843. The summed E-state index contributed by atoms with van der Waals surface area (Å²) in [6.07, 6.45) is 14.7. The van der Waals surface area contributed by atoms with Crippen molar-refractivity contribution in [3.63, 3.8) is 0 Å². The van der Waals surface area contributed by atoms with Gasteiger partial charge in [-0.3, -0.25) is 0 Å². The van der Waals surface area contributed by atoms with E-state index in [4.69, 9.17) is 0 Å². The average Bonchev–Trinajstić information content (AvgIpc) is 2.63. The number of hydrogen-bond acceptors (Lipinski definition) is 1. The van der Waals surface area contributed by atoms with Crippen molar-refractivity contribution in [3.8, 4) is 0 Å². The van der Waals surface area contributed by atoms with Gasteiger partial charge in [-0.2, -0.15) is 0 Å². The number of unbranched alkanes of at least 4 members (excludes halogenated alkanes) is 6. The SMILES string of the molecule is CCCCCCCCCC1CCC(O)C1. The minimum atomic E-state index is 0.0274. The Morgan fingerprint density at radius 3 is 2.20 bits per heavy atom. The second-order valence-corrected chi connectivity index (χ2v) is 5.24. The molecule has 1 aliphatic rings. The van der Waals surface area contributed by atoms with Gasteiger partial charge in [0.15, 0.2) is 0 Å². The molecule has 0 spiro atoms. The quantitative estimate of drug-likeness (QED) is 0.595. The topological polar surface area (TPSA) is 20.2 Å². The summed E-state index contributed by atoms with van der Waals surface area (Å²) in [4.78, 5) is 0. The highest BCUT2D eigenvalue weighted by molar-refractivity contribution is 4.74. The van der Waals surface area contributed by atoms with Crippen LogP contribution in [0.5, 0.6) is 0 Å². The second-order valence-electron chi connectivity index (χ2n) is 5.24. The Kier molecular flexibility index (Phi) is 7.08. The zero-order valence-electron chi connectivity index (χ0n) is 10.4. The Balaban J connectivity index is 1.81. The summed E-state index contributed by atoms with van der Waals surface area (Å²) in [5.41, 5.74) is 0. The highest BCUT2D eigenvalue weighted by atomic mass is 16.3. The third-order valence-electron chi connectivity index (χ3n) is 3.73. The van der Waals surface area contributed by atoms with Crippen molar-refractivity contribution >= 4 is 0 Å².